The minimum absolute atomic E-state index is 0.137. The summed E-state index contributed by atoms with van der Waals surface area (Å²) in [6.07, 6.45) is 5.58. The second kappa shape index (κ2) is 9.15. The molecule has 8 heteroatoms. The summed E-state index contributed by atoms with van der Waals surface area (Å²) in [6, 6.07) is 11.0. The van der Waals surface area contributed by atoms with Crippen molar-refractivity contribution in [1.29, 1.82) is 5.26 Å². The van der Waals surface area contributed by atoms with Gasteiger partial charge in [-0.15, -0.1) is 0 Å². The van der Waals surface area contributed by atoms with Crippen LogP contribution in [-0.2, 0) is 9.53 Å². The number of nitriles is 1. The molecule has 3 aromatic rings. The van der Waals surface area contributed by atoms with Crippen LogP contribution < -0.4 is 4.90 Å². The van der Waals surface area contributed by atoms with E-state index in [1.54, 1.807) is 24.1 Å². The van der Waals surface area contributed by atoms with Crippen molar-refractivity contribution in [3.8, 4) is 6.07 Å². The van der Waals surface area contributed by atoms with Crippen LogP contribution in [0.15, 0.2) is 36.4 Å². The number of methoxy groups -OCH3 is 1. The molecule has 1 unspecified atom stereocenters. The van der Waals surface area contributed by atoms with Crippen molar-refractivity contribution in [3.63, 3.8) is 0 Å². The van der Waals surface area contributed by atoms with Crippen LogP contribution in [0.25, 0.3) is 11.0 Å². The number of amides is 1. The van der Waals surface area contributed by atoms with Crippen LogP contribution in [0.4, 0.5) is 14.5 Å². The predicted molar refractivity (Wildman–Crippen MR) is 123 cm³/mol. The van der Waals surface area contributed by atoms with Crippen LogP contribution in [0.1, 0.15) is 68.4 Å². The molecule has 2 aliphatic rings. The first-order valence-electron chi connectivity index (χ1n) is 11.7. The van der Waals surface area contributed by atoms with Crippen molar-refractivity contribution in [2.45, 2.75) is 63.1 Å². The minimum atomic E-state index is -0.986. The number of halogens is 2. The maximum absolute atomic E-state index is 14.1. The topological polar surface area (TPSA) is 71.2 Å². The number of hydrogen-bond acceptors (Lipinski definition) is 4. The molecule has 2 heterocycles. The lowest BCUT2D eigenvalue weighted by Crippen LogP contribution is -2.40. The number of carbonyl (C=O) groups is 1. The smallest absolute Gasteiger partial charge is 0.227 e. The van der Waals surface area contributed by atoms with E-state index in [2.05, 4.69) is 10.6 Å². The number of anilines is 1. The molecule has 1 atom stereocenters. The van der Waals surface area contributed by atoms with Gasteiger partial charge >= 0.3 is 0 Å². The normalized spacial score (nSPS) is 23.3. The maximum atomic E-state index is 14.1. The number of carbonyl (C=O) groups excluding carboxylic acids is 1. The molecular formula is C26H26F2N4O2. The second-order valence-electron chi connectivity index (χ2n) is 9.09. The Labute approximate surface area is 196 Å². The molecule has 34 heavy (non-hydrogen) atoms. The molecule has 1 amide bonds. The molecule has 0 spiro atoms. The second-order valence-corrected chi connectivity index (χ2v) is 9.09. The van der Waals surface area contributed by atoms with Crippen LogP contribution in [0.5, 0.6) is 0 Å². The average molecular weight is 465 g/mol. The summed E-state index contributed by atoms with van der Waals surface area (Å²) in [5, 5.41) is 9.38. The maximum Gasteiger partial charge on any atom is 0.227 e. The van der Waals surface area contributed by atoms with Gasteiger partial charge < -0.3 is 14.2 Å². The summed E-state index contributed by atoms with van der Waals surface area (Å²) in [5.41, 5.74) is 2.46. The average Bonchev–Trinajstić information content (AvgIpc) is 3.24. The molecular weight excluding hydrogens is 438 g/mol. The first kappa shape index (κ1) is 22.5. The van der Waals surface area contributed by atoms with Crippen molar-refractivity contribution in [3.05, 3.63) is 59.4 Å². The Hall–Kier alpha value is -3.31. The van der Waals surface area contributed by atoms with Crippen LogP contribution >= 0.6 is 0 Å². The van der Waals surface area contributed by atoms with Crippen molar-refractivity contribution >= 4 is 22.6 Å². The molecule has 0 N–H and O–H groups in total. The van der Waals surface area contributed by atoms with E-state index < -0.39 is 17.7 Å². The zero-order valence-electron chi connectivity index (χ0n) is 19.0. The Morgan fingerprint density at radius 1 is 1.06 bits per heavy atom. The van der Waals surface area contributed by atoms with E-state index >= 15 is 0 Å². The molecule has 0 radical (unpaired) electrons. The number of aromatic nitrogens is 2. The number of piperidine rings is 1. The summed E-state index contributed by atoms with van der Waals surface area (Å²) >= 11 is 0. The molecule has 176 valence electrons. The Kier molecular flexibility index (Phi) is 6.05. The van der Waals surface area contributed by atoms with E-state index in [-0.39, 0.29) is 18.1 Å². The molecule has 1 aromatic heterocycles. The van der Waals surface area contributed by atoms with Gasteiger partial charge in [-0.2, -0.15) is 5.26 Å². The highest BCUT2D eigenvalue weighted by molar-refractivity contribution is 5.95. The lowest BCUT2D eigenvalue weighted by Gasteiger charge is -2.37. The van der Waals surface area contributed by atoms with Crippen molar-refractivity contribution in [2.24, 2.45) is 0 Å². The monoisotopic (exact) mass is 464 g/mol. The van der Waals surface area contributed by atoms with Gasteiger partial charge in [0.2, 0.25) is 5.91 Å². The Morgan fingerprint density at radius 2 is 1.85 bits per heavy atom. The van der Waals surface area contributed by atoms with Crippen LogP contribution in [-0.4, -0.2) is 28.7 Å². The zero-order valence-corrected chi connectivity index (χ0v) is 19.0. The van der Waals surface area contributed by atoms with Gasteiger partial charge in [0.05, 0.1) is 34.8 Å². The lowest BCUT2D eigenvalue weighted by atomic mass is 9.91. The zero-order chi connectivity index (χ0) is 23.8. The van der Waals surface area contributed by atoms with E-state index in [1.165, 1.54) is 6.07 Å². The van der Waals surface area contributed by atoms with Gasteiger partial charge in [0.25, 0.3) is 0 Å². The third kappa shape index (κ3) is 3.94. The third-order valence-corrected chi connectivity index (χ3v) is 7.12. The first-order valence-corrected chi connectivity index (χ1v) is 11.7. The van der Waals surface area contributed by atoms with E-state index in [1.807, 2.05) is 6.07 Å². The van der Waals surface area contributed by atoms with E-state index in [9.17, 15) is 18.8 Å². The highest BCUT2D eigenvalue weighted by atomic mass is 19.2. The largest absolute Gasteiger partial charge is 0.381 e. The number of hydrogen-bond donors (Lipinski definition) is 0. The standard InChI is InChI=1S/C26H26F2N4O2/c1-34-19-9-6-17(7-10-19)32-23-12-5-16(15-29)13-22(23)30-26(32)24-3-2-4-25(33)31(24)18-8-11-20(27)21(28)14-18/h5,8,11-14,17,19,24H,2-4,6-7,9-10H2,1H3/t17-,19-,24?. The highest BCUT2D eigenvalue weighted by Gasteiger charge is 2.36. The van der Waals surface area contributed by atoms with Gasteiger partial charge in [0.1, 0.15) is 5.82 Å². The predicted octanol–water partition coefficient (Wildman–Crippen LogP) is 5.57. The number of ether oxygens (including phenoxy) is 1. The summed E-state index contributed by atoms with van der Waals surface area (Å²) in [7, 11) is 1.74. The molecule has 2 aromatic carbocycles. The quantitative estimate of drug-likeness (QED) is 0.506. The molecule has 1 aliphatic carbocycles. The van der Waals surface area contributed by atoms with Crippen LogP contribution in [0, 0.1) is 23.0 Å². The van der Waals surface area contributed by atoms with E-state index in [0.717, 1.165) is 49.2 Å². The molecule has 1 aliphatic heterocycles. The molecule has 6 nitrogen and oxygen atoms in total. The number of imidazole rings is 1. The number of fused-ring (bicyclic) bond motifs is 1. The van der Waals surface area contributed by atoms with E-state index in [0.29, 0.717) is 36.0 Å². The molecule has 1 saturated carbocycles. The summed E-state index contributed by atoms with van der Waals surface area (Å²) in [5.74, 6) is -1.35. The Morgan fingerprint density at radius 3 is 2.56 bits per heavy atom. The summed E-state index contributed by atoms with van der Waals surface area (Å²) in [6.45, 7) is 0. The van der Waals surface area contributed by atoms with Crippen molar-refractivity contribution < 1.29 is 18.3 Å². The van der Waals surface area contributed by atoms with Crippen LogP contribution in [0.3, 0.4) is 0 Å². The minimum Gasteiger partial charge on any atom is -0.381 e. The van der Waals surface area contributed by atoms with Crippen molar-refractivity contribution in [2.75, 3.05) is 12.0 Å². The number of nitrogens with zero attached hydrogens (tertiary/aromatic N) is 4. The molecule has 1 saturated heterocycles. The van der Waals surface area contributed by atoms with Gasteiger partial charge in [-0.25, -0.2) is 13.8 Å². The van der Waals surface area contributed by atoms with Gasteiger partial charge in [-0.05, 0) is 68.9 Å². The molecule has 2 fully saturated rings. The Bertz CT molecular complexity index is 1270. The summed E-state index contributed by atoms with van der Waals surface area (Å²) in [4.78, 5) is 19.6. The molecule has 5 rings (SSSR count). The Balaban J connectivity index is 1.64. The highest BCUT2D eigenvalue weighted by Crippen LogP contribution is 2.41. The van der Waals surface area contributed by atoms with Crippen molar-refractivity contribution in [1.82, 2.24) is 9.55 Å². The SMILES string of the molecule is CO[C@H]1CC[C@H](n2c(C3CCCC(=O)N3c3ccc(F)c(F)c3)nc3cc(C#N)ccc32)CC1. The number of benzene rings is 2. The molecule has 0 bridgehead atoms. The van der Waals surface area contributed by atoms with Gasteiger partial charge in [0, 0.05) is 31.3 Å². The van der Waals surface area contributed by atoms with Gasteiger partial charge in [0.15, 0.2) is 11.6 Å². The summed E-state index contributed by atoms with van der Waals surface area (Å²) < 4.78 is 35.5. The first-order chi connectivity index (χ1) is 16.5. The fourth-order valence-corrected chi connectivity index (χ4v) is 5.42. The van der Waals surface area contributed by atoms with Gasteiger partial charge in [-0.1, -0.05) is 0 Å². The van der Waals surface area contributed by atoms with Gasteiger partial charge in [-0.3, -0.25) is 4.79 Å². The lowest BCUT2D eigenvalue weighted by molar-refractivity contribution is -0.120. The third-order valence-electron chi connectivity index (χ3n) is 7.12. The number of rotatable bonds is 4. The van der Waals surface area contributed by atoms with Crippen LogP contribution in [0.2, 0.25) is 0 Å². The fraction of sp³-hybridized carbons (Fsp3) is 0.423. The van der Waals surface area contributed by atoms with E-state index in [4.69, 9.17) is 9.72 Å². The fourth-order valence-electron chi connectivity index (χ4n) is 5.42.